The van der Waals surface area contributed by atoms with Gasteiger partial charge < -0.3 is 25.6 Å². The molecule has 0 fully saturated rings. The molecule has 4 aromatic rings. The number of amidine groups is 1. The maximum atomic E-state index is 15.5. The summed E-state index contributed by atoms with van der Waals surface area (Å²) in [7, 11) is 1.29. The van der Waals surface area contributed by atoms with Gasteiger partial charge in [-0.25, -0.2) is 23.5 Å². The molecule has 4 rings (SSSR count). The second kappa shape index (κ2) is 13.5. The fraction of sp³-hybridized carbons (Fsp3) is 0.200. The summed E-state index contributed by atoms with van der Waals surface area (Å²) in [6, 6.07) is 9.68. The summed E-state index contributed by atoms with van der Waals surface area (Å²) >= 11 is 0. The number of carboxylic acid groups (broad SMARTS) is 1. The molecule has 0 saturated carbocycles. The molecule has 2 aromatic carbocycles. The average molecular weight is 557 g/mol. The number of rotatable bonds is 10. The van der Waals surface area contributed by atoms with Gasteiger partial charge in [0.05, 0.1) is 7.11 Å². The number of hydrogen-bond donors (Lipinski definition) is 5. The summed E-state index contributed by atoms with van der Waals surface area (Å²) in [4.78, 5) is 32.3. The molecule has 0 spiro atoms. The smallest absolute Gasteiger partial charge is 0.350 e. The number of aliphatic carboxylic acids is 1. The summed E-state index contributed by atoms with van der Waals surface area (Å²) < 4.78 is 39.7. The number of nitrogens with zero attached hydrogens (tertiary/aromatic N) is 4. The Morgan fingerprint density at radius 2 is 1.90 bits per heavy atom. The van der Waals surface area contributed by atoms with Gasteiger partial charge in [-0.2, -0.15) is 0 Å². The Morgan fingerprint density at radius 3 is 2.48 bits per heavy atom. The van der Waals surface area contributed by atoms with Crippen LogP contribution in [0.3, 0.4) is 0 Å². The number of aromatic nitrogens is 5. The number of carboxylic acids is 1. The van der Waals surface area contributed by atoms with Crippen LogP contribution in [0.1, 0.15) is 29.9 Å². The van der Waals surface area contributed by atoms with Crippen LogP contribution in [0, 0.1) is 11.2 Å². The largest absolute Gasteiger partial charge is 0.494 e. The van der Waals surface area contributed by atoms with Crippen LogP contribution in [0.5, 0.6) is 11.5 Å². The molecule has 0 aliphatic rings. The fourth-order valence-electron chi connectivity index (χ4n) is 3.40. The van der Waals surface area contributed by atoms with E-state index in [1.165, 1.54) is 31.6 Å². The van der Waals surface area contributed by atoms with Crippen LogP contribution in [0.15, 0.2) is 59.7 Å². The summed E-state index contributed by atoms with van der Waals surface area (Å²) in [6.45, 7) is 0.101. The van der Waals surface area contributed by atoms with Crippen LogP contribution in [0.4, 0.5) is 14.5 Å². The first-order chi connectivity index (χ1) is 19.1. The molecule has 2 aromatic heterocycles. The number of anilines is 1. The Morgan fingerprint density at radius 1 is 1.25 bits per heavy atom. The third-order valence-electron chi connectivity index (χ3n) is 5.07. The number of halogens is 2. The highest BCUT2D eigenvalue weighted by atomic mass is 19.1. The first-order valence-corrected chi connectivity index (χ1v) is 11.6. The third-order valence-corrected chi connectivity index (χ3v) is 5.07. The highest BCUT2D eigenvalue weighted by molar-refractivity contribution is 5.95. The van der Waals surface area contributed by atoms with Gasteiger partial charge in [-0.3, -0.25) is 15.2 Å². The van der Waals surface area contributed by atoms with E-state index in [2.05, 4.69) is 25.4 Å². The zero-order chi connectivity index (χ0) is 29.2. The van der Waals surface area contributed by atoms with Crippen LogP contribution in [-0.4, -0.2) is 62.0 Å². The van der Waals surface area contributed by atoms with E-state index in [1.54, 1.807) is 30.3 Å². The number of nitrogens with two attached hydrogens (primary N) is 1. The number of nitrogens with one attached hydrogen (secondary N) is 3. The number of carbonyl (C=O) groups is 1. The van der Waals surface area contributed by atoms with Crippen molar-refractivity contribution >= 4 is 17.5 Å². The second-order valence-electron chi connectivity index (χ2n) is 7.93. The first kappa shape index (κ1) is 29.2. The first-order valence-electron chi connectivity index (χ1n) is 11.6. The second-order valence-corrected chi connectivity index (χ2v) is 7.93. The summed E-state index contributed by atoms with van der Waals surface area (Å²) in [5.41, 5.74) is 5.88. The van der Waals surface area contributed by atoms with Crippen LogP contribution in [0.25, 0.3) is 5.95 Å². The van der Waals surface area contributed by atoms with Crippen molar-refractivity contribution in [2.45, 2.75) is 13.0 Å². The quantitative estimate of drug-likeness (QED) is 0.143. The van der Waals surface area contributed by atoms with Crippen LogP contribution >= 0.6 is 0 Å². The number of nitrogen functional groups attached to an aromatic ring is 1. The van der Waals surface area contributed by atoms with E-state index >= 15 is 4.39 Å². The van der Waals surface area contributed by atoms with Crippen molar-refractivity contribution in [2.24, 2.45) is 5.73 Å². The zero-order valence-corrected chi connectivity index (χ0v) is 21.4. The van der Waals surface area contributed by atoms with E-state index in [0.717, 1.165) is 11.6 Å². The molecule has 1 unspecified atom stereocenters. The molecule has 2 heterocycles. The molecule has 15 heteroatoms. The maximum Gasteiger partial charge on any atom is 0.350 e. The molecule has 0 saturated heterocycles. The lowest BCUT2D eigenvalue weighted by Gasteiger charge is -2.21. The number of benzene rings is 2. The van der Waals surface area contributed by atoms with E-state index < -0.39 is 30.2 Å². The number of ether oxygens (including phenoxy) is 2. The van der Waals surface area contributed by atoms with Crippen molar-refractivity contribution < 1.29 is 28.2 Å². The Bertz CT molecular complexity index is 1510. The number of alkyl halides is 1. The van der Waals surface area contributed by atoms with Crippen molar-refractivity contribution in [3.63, 3.8) is 0 Å². The van der Waals surface area contributed by atoms with E-state index in [9.17, 15) is 9.18 Å². The van der Waals surface area contributed by atoms with Gasteiger partial charge in [-0.15, -0.1) is 9.78 Å². The van der Waals surface area contributed by atoms with Crippen LogP contribution in [0.2, 0.25) is 0 Å². The average Bonchev–Trinajstić information content (AvgIpc) is 3.32. The van der Waals surface area contributed by atoms with Gasteiger partial charge in [0.2, 0.25) is 0 Å². The topological polar surface area (TPSA) is 194 Å². The van der Waals surface area contributed by atoms with Gasteiger partial charge in [0, 0.05) is 42.2 Å². The highest BCUT2D eigenvalue weighted by Crippen LogP contribution is 2.34. The summed E-state index contributed by atoms with van der Waals surface area (Å²) in [5.74, 6) is -1.62. The molecule has 0 radical (unpaired) electrons. The Hall–Kier alpha value is -5.34. The Labute approximate surface area is 226 Å². The normalized spacial score (nSPS) is 11.1. The maximum absolute atomic E-state index is 15.5. The number of methoxy groups -OCH3 is 1. The molecule has 0 amide bonds. The summed E-state index contributed by atoms with van der Waals surface area (Å²) in [5, 5.41) is 22.4. The van der Waals surface area contributed by atoms with Crippen LogP contribution in [-0.2, 0) is 4.79 Å². The minimum absolute atomic E-state index is 0.00809. The highest BCUT2D eigenvalue weighted by Gasteiger charge is 2.27. The van der Waals surface area contributed by atoms with Crippen molar-refractivity contribution in [3.8, 4) is 17.4 Å². The molecule has 210 valence electrons. The Balaban J connectivity index is 0.00000103. The molecule has 0 bridgehead atoms. The Kier molecular flexibility index (Phi) is 9.83. The molecule has 13 nitrogen and oxygen atoms in total. The standard InChI is InChI=1S/C23H22F2N8O3.C2H4O2/c1-35-17-12-15(36-10-7-24)11-16(18(17)25)19(30-14-5-3-13(4-6-14)20(26)27)21-31-23(34)33(32-21)22-28-8-2-9-29-22;1-2(3)4/h2-6,8-9,11-12,19,30H,7,10H2,1H3,(H3,26,27)(H,31,32,34);1H3,(H,3,4). The predicted molar refractivity (Wildman–Crippen MR) is 140 cm³/mol. The van der Waals surface area contributed by atoms with Gasteiger partial charge in [-0.05, 0) is 36.4 Å². The number of aromatic amines is 1. The van der Waals surface area contributed by atoms with Crippen molar-refractivity contribution in [1.29, 1.82) is 5.41 Å². The molecule has 40 heavy (non-hydrogen) atoms. The molecular weight excluding hydrogens is 530 g/mol. The van der Waals surface area contributed by atoms with Gasteiger partial charge in [0.25, 0.3) is 11.9 Å². The lowest BCUT2D eigenvalue weighted by molar-refractivity contribution is -0.134. The van der Waals surface area contributed by atoms with E-state index in [1.807, 2.05) is 0 Å². The molecular formula is C25H26F2N8O5. The number of hydrogen-bond acceptors (Lipinski definition) is 9. The zero-order valence-electron chi connectivity index (χ0n) is 21.4. The fourth-order valence-corrected chi connectivity index (χ4v) is 3.40. The number of H-pyrrole nitrogens is 1. The molecule has 0 aliphatic heterocycles. The third kappa shape index (κ3) is 7.37. The minimum atomic E-state index is -1.06. The predicted octanol–water partition coefficient (Wildman–Crippen LogP) is 2.42. The van der Waals surface area contributed by atoms with E-state index in [4.69, 9.17) is 30.5 Å². The van der Waals surface area contributed by atoms with Crippen LogP contribution < -0.4 is 26.2 Å². The molecule has 1 atom stereocenters. The van der Waals surface area contributed by atoms with Gasteiger partial charge in [0.1, 0.15) is 30.9 Å². The van der Waals surface area contributed by atoms with Gasteiger partial charge in [-0.1, -0.05) is 0 Å². The minimum Gasteiger partial charge on any atom is -0.494 e. The van der Waals surface area contributed by atoms with E-state index in [-0.39, 0.29) is 41.3 Å². The SMILES string of the molecule is CC(=O)O.COc1cc(OCCF)cc(C(Nc2ccc(C(=N)N)cc2)c2nn(-c3ncccn3)c(=O)[nH]2)c1F. The lowest BCUT2D eigenvalue weighted by Crippen LogP contribution is -2.18. The molecule has 0 aliphatic carbocycles. The monoisotopic (exact) mass is 556 g/mol. The van der Waals surface area contributed by atoms with Gasteiger partial charge in [0.15, 0.2) is 17.4 Å². The molecule has 6 N–H and O–H groups in total. The van der Waals surface area contributed by atoms with Gasteiger partial charge >= 0.3 is 5.69 Å². The summed E-state index contributed by atoms with van der Waals surface area (Å²) in [6.07, 6.45) is 2.90. The van der Waals surface area contributed by atoms with Crippen molar-refractivity contribution in [3.05, 3.63) is 88.1 Å². The van der Waals surface area contributed by atoms with Crippen molar-refractivity contribution in [1.82, 2.24) is 24.7 Å². The van der Waals surface area contributed by atoms with Crippen molar-refractivity contribution in [2.75, 3.05) is 25.7 Å². The lowest BCUT2D eigenvalue weighted by atomic mass is 10.0. The van der Waals surface area contributed by atoms with E-state index in [0.29, 0.717) is 11.3 Å².